The molecule has 1 amide bonds. The Hall–Kier alpha value is -2.70. The van der Waals surface area contributed by atoms with Gasteiger partial charge in [0.1, 0.15) is 11.5 Å². The highest BCUT2D eigenvalue weighted by atomic mass is 19.1. The average Bonchev–Trinajstić information content (AvgIpc) is 3.04. The van der Waals surface area contributed by atoms with E-state index in [1.807, 2.05) is 4.90 Å². The Morgan fingerprint density at radius 1 is 0.821 bits per heavy atom. The molecule has 0 N–H and O–H groups in total. The molecule has 6 nitrogen and oxygen atoms in total. The second-order valence-electron chi connectivity index (χ2n) is 7.40. The van der Waals surface area contributed by atoms with Gasteiger partial charge in [-0.05, 0) is 43.2 Å². The number of rotatable bonds is 3. The molecule has 0 atom stereocenters. The van der Waals surface area contributed by atoms with Gasteiger partial charge >= 0.3 is 0 Å². The third-order valence-electron chi connectivity index (χ3n) is 5.51. The van der Waals surface area contributed by atoms with Crippen molar-refractivity contribution in [2.24, 2.45) is 0 Å². The van der Waals surface area contributed by atoms with E-state index in [2.05, 4.69) is 19.8 Å². The lowest BCUT2D eigenvalue weighted by molar-refractivity contribution is 0.0740. The summed E-state index contributed by atoms with van der Waals surface area (Å²) >= 11 is 0. The normalized spacial score (nSPS) is 18.1. The zero-order valence-electron chi connectivity index (χ0n) is 16.1. The highest BCUT2D eigenvalue weighted by molar-refractivity contribution is 5.92. The molecule has 1 aromatic heterocycles. The van der Waals surface area contributed by atoms with Crippen LogP contribution in [0.2, 0.25) is 0 Å². The molecule has 7 heteroatoms. The van der Waals surface area contributed by atoms with Gasteiger partial charge in [-0.15, -0.1) is 0 Å². The van der Waals surface area contributed by atoms with E-state index in [-0.39, 0.29) is 11.7 Å². The molecule has 2 aliphatic heterocycles. The van der Waals surface area contributed by atoms with Crippen molar-refractivity contribution >= 4 is 17.5 Å². The monoisotopic (exact) mass is 383 g/mol. The first-order chi connectivity index (χ1) is 13.7. The Bertz CT molecular complexity index is 797. The van der Waals surface area contributed by atoms with Crippen molar-refractivity contribution in [1.82, 2.24) is 14.9 Å². The first kappa shape index (κ1) is 18.7. The molecular formula is C21H26FN5O. The van der Waals surface area contributed by atoms with Crippen LogP contribution in [-0.4, -0.2) is 60.0 Å². The van der Waals surface area contributed by atoms with Crippen LogP contribution in [0.25, 0.3) is 0 Å². The van der Waals surface area contributed by atoms with Crippen molar-refractivity contribution < 1.29 is 9.18 Å². The molecule has 0 bridgehead atoms. The quantitative estimate of drug-likeness (QED) is 0.816. The van der Waals surface area contributed by atoms with Crippen LogP contribution in [0, 0.1) is 5.82 Å². The van der Waals surface area contributed by atoms with E-state index in [1.165, 1.54) is 25.0 Å². The van der Waals surface area contributed by atoms with Gasteiger partial charge in [0.15, 0.2) is 0 Å². The number of aromatic nitrogens is 2. The zero-order valence-corrected chi connectivity index (χ0v) is 16.1. The summed E-state index contributed by atoms with van der Waals surface area (Å²) in [6.07, 6.45) is 6.47. The van der Waals surface area contributed by atoms with Crippen LogP contribution >= 0.6 is 0 Å². The number of piperazine rings is 1. The van der Waals surface area contributed by atoms with Crippen molar-refractivity contribution in [3.63, 3.8) is 0 Å². The lowest BCUT2D eigenvalue weighted by Gasteiger charge is -2.36. The fraction of sp³-hybridized carbons (Fsp3) is 0.476. The number of carbonyl (C=O) groups is 1. The van der Waals surface area contributed by atoms with Crippen LogP contribution in [0.3, 0.4) is 0 Å². The summed E-state index contributed by atoms with van der Waals surface area (Å²) in [6, 6.07) is 8.21. The molecule has 2 aromatic rings. The first-order valence-electron chi connectivity index (χ1n) is 10.1. The van der Waals surface area contributed by atoms with E-state index in [4.69, 9.17) is 0 Å². The Kier molecular flexibility index (Phi) is 5.69. The summed E-state index contributed by atoms with van der Waals surface area (Å²) < 4.78 is 13.1. The SMILES string of the molecule is O=C(c1ccnc(N2CCCCCC2)n1)N1CCN(c2ccc(F)cc2)CC1. The minimum absolute atomic E-state index is 0.0442. The average molecular weight is 383 g/mol. The number of halogens is 1. The van der Waals surface area contributed by atoms with Crippen LogP contribution in [0.1, 0.15) is 36.2 Å². The number of amides is 1. The molecule has 2 saturated heterocycles. The summed E-state index contributed by atoms with van der Waals surface area (Å²) in [7, 11) is 0. The second kappa shape index (κ2) is 8.54. The van der Waals surface area contributed by atoms with E-state index < -0.39 is 0 Å². The minimum Gasteiger partial charge on any atom is -0.368 e. The maximum atomic E-state index is 13.1. The van der Waals surface area contributed by atoms with E-state index in [1.54, 1.807) is 24.4 Å². The predicted octanol–water partition coefficient (Wildman–Crippen LogP) is 2.96. The third-order valence-corrected chi connectivity index (χ3v) is 5.51. The Morgan fingerprint density at radius 2 is 1.50 bits per heavy atom. The zero-order chi connectivity index (χ0) is 19.3. The van der Waals surface area contributed by atoms with E-state index >= 15 is 0 Å². The standard InChI is InChI=1S/C21H26FN5O/c22-17-5-7-18(8-6-17)25-13-15-26(16-14-25)20(28)19-9-10-23-21(24-19)27-11-3-1-2-4-12-27/h5-10H,1-4,11-16H2. The molecule has 28 heavy (non-hydrogen) atoms. The molecule has 3 heterocycles. The van der Waals surface area contributed by atoms with Crippen LogP contribution < -0.4 is 9.80 Å². The van der Waals surface area contributed by atoms with Crippen LogP contribution in [-0.2, 0) is 0 Å². The van der Waals surface area contributed by atoms with Gasteiger partial charge in [-0.25, -0.2) is 14.4 Å². The van der Waals surface area contributed by atoms with Gasteiger partial charge in [-0.2, -0.15) is 0 Å². The van der Waals surface area contributed by atoms with E-state index in [0.29, 0.717) is 24.7 Å². The maximum Gasteiger partial charge on any atom is 0.272 e. The van der Waals surface area contributed by atoms with Gasteiger partial charge < -0.3 is 14.7 Å². The molecule has 0 saturated carbocycles. The summed E-state index contributed by atoms with van der Waals surface area (Å²) in [5, 5.41) is 0. The molecule has 2 aliphatic rings. The van der Waals surface area contributed by atoms with Crippen LogP contribution in [0.5, 0.6) is 0 Å². The largest absolute Gasteiger partial charge is 0.368 e. The van der Waals surface area contributed by atoms with Gasteiger partial charge in [0.25, 0.3) is 5.91 Å². The van der Waals surface area contributed by atoms with Crippen molar-refractivity contribution in [2.75, 3.05) is 49.1 Å². The summed E-state index contributed by atoms with van der Waals surface area (Å²) in [5.41, 5.74) is 1.45. The number of hydrogen-bond acceptors (Lipinski definition) is 5. The molecule has 0 radical (unpaired) electrons. The number of carbonyl (C=O) groups excluding carboxylic acids is 1. The molecule has 0 unspecified atom stereocenters. The molecule has 4 rings (SSSR count). The molecule has 1 aromatic carbocycles. The van der Waals surface area contributed by atoms with Gasteiger partial charge in [-0.1, -0.05) is 12.8 Å². The molecule has 0 aliphatic carbocycles. The third kappa shape index (κ3) is 4.24. The minimum atomic E-state index is -0.235. The van der Waals surface area contributed by atoms with E-state index in [0.717, 1.165) is 44.7 Å². The van der Waals surface area contributed by atoms with Crippen molar-refractivity contribution in [2.45, 2.75) is 25.7 Å². The molecule has 2 fully saturated rings. The van der Waals surface area contributed by atoms with Crippen molar-refractivity contribution in [3.8, 4) is 0 Å². The number of benzene rings is 1. The Morgan fingerprint density at radius 3 is 2.18 bits per heavy atom. The number of hydrogen-bond donors (Lipinski definition) is 0. The fourth-order valence-corrected chi connectivity index (χ4v) is 3.87. The summed E-state index contributed by atoms with van der Waals surface area (Å²) in [6.45, 7) is 4.60. The van der Waals surface area contributed by atoms with Gasteiger partial charge in [0.05, 0.1) is 0 Å². The molecule has 0 spiro atoms. The van der Waals surface area contributed by atoms with Crippen molar-refractivity contribution in [1.29, 1.82) is 0 Å². The number of anilines is 2. The predicted molar refractivity (Wildman–Crippen MR) is 107 cm³/mol. The van der Waals surface area contributed by atoms with Gasteiger partial charge in [0.2, 0.25) is 5.95 Å². The van der Waals surface area contributed by atoms with Crippen LogP contribution in [0.15, 0.2) is 36.5 Å². The highest BCUT2D eigenvalue weighted by Crippen LogP contribution is 2.19. The lowest BCUT2D eigenvalue weighted by atomic mass is 10.2. The van der Waals surface area contributed by atoms with Crippen molar-refractivity contribution in [3.05, 3.63) is 48.0 Å². The number of nitrogens with zero attached hydrogens (tertiary/aromatic N) is 5. The highest BCUT2D eigenvalue weighted by Gasteiger charge is 2.24. The fourth-order valence-electron chi connectivity index (χ4n) is 3.87. The lowest BCUT2D eigenvalue weighted by Crippen LogP contribution is -2.49. The molecule has 148 valence electrons. The summed E-state index contributed by atoms with van der Waals surface area (Å²) in [5.74, 6) is 0.386. The Labute approximate surface area is 165 Å². The summed E-state index contributed by atoms with van der Waals surface area (Å²) in [4.78, 5) is 28.1. The maximum absolute atomic E-state index is 13.1. The smallest absolute Gasteiger partial charge is 0.272 e. The molecular weight excluding hydrogens is 357 g/mol. The van der Waals surface area contributed by atoms with E-state index in [9.17, 15) is 9.18 Å². The second-order valence-corrected chi connectivity index (χ2v) is 7.40. The van der Waals surface area contributed by atoms with Crippen LogP contribution in [0.4, 0.5) is 16.0 Å². The topological polar surface area (TPSA) is 52.6 Å². The van der Waals surface area contributed by atoms with Gasteiger partial charge in [-0.3, -0.25) is 4.79 Å². The van der Waals surface area contributed by atoms with Gasteiger partial charge in [0, 0.05) is 51.2 Å². The first-order valence-corrected chi connectivity index (χ1v) is 10.1. The Balaban J connectivity index is 1.39.